The lowest BCUT2D eigenvalue weighted by molar-refractivity contribution is 0.0686. The highest BCUT2D eigenvalue weighted by Crippen LogP contribution is 2.44. The average molecular weight is 553 g/mol. The second-order valence-corrected chi connectivity index (χ2v) is 9.83. The van der Waals surface area contributed by atoms with Crippen molar-refractivity contribution >= 4 is 18.0 Å². The largest absolute Gasteiger partial charge is 0.478 e. The van der Waals surface area contributed by atoms with Crippen molar-refractivity contribution in [1.82, 2.24) is 5.32 Å². The number of fused-ring (bicyclic) bond motifs is 3. The Labute approximate surface area is 238 Å². The first kappa shape index (κ1) is 29.0. The summed E-state index contributed by atoms with van der Waals surface area (Å²) in [5.74, 6) is -1.88. The van der Waals surface area contributed by atoms with E-state index >= 15 is 0 Å². The number of amides is 1. The van der Waals surface area contributed by atoms with E-state index in [1.165, 1.54) is 34.4 Å². The molecule has 1 aliphatic carbocycles. The van der Waals surface area contributed by atoms with Gasteiger partial charge < -0.3 is 26.0 Å². The molecule has 4 aromatic rings. The van der Waals surface area contributed by atoms with Gasteiger partial charge in [-0.1, -0.05) is 72.8 Å². The van der Waals surface area contributed by atoms with Crippen molar-refractivity contribution in [2.75, 3.05) is 6.61 Å². The van der Waals surface area contributed by atoms with Crippen LogP contribution in [0.2, 0.25) is 0 Å². The molecule has 41 heavy (non-hydrogen) atoms. The van der Waals surface area contributed by atoms with Crippen LogP contribution in [-0.4, -0.2) is 34.9 Å². The molecule has 0 saturated heterocycles. The van der Waals surface area contributed by atoms with Crippen LogP contribution in [-0.2, 0) is 4.74 Å². The highest BCUT2D eigenvalue weighted by atomic mass is 16.5. The van der Waals surface area contributed by atoms with Gasteiger partial charge in [-0.05, 0) is 71.5 Å². The van der Waals surface area contributed by atoms with Crippen LogP contribution in [0.25, 0.3) is 11.1 Å². The number of nitrogens with two attached hydrogens (primary N) is 1. The van der Waals surface area contributed by atoms with E-state index in [1.54, 1.807) is 36.4 Å². The van der Waals surface area contributed by atoms with Gasteiger partial charge in [0.05, 0.1) is 17.2 Å². The van der Waals surface area contributed by atoms with Crippen molar-refractivity contribution < 1.29 is 29.3 Å². The van der Waals surface area contributed by atoms with E-state index in [-0.39, 0.29) is 30.2 Å². The Balaban J connectivity index is 0.000000271. The second-order valence-electron chi connectivity index (χ2n) is 9.83. The zero-order valence-corrected chi connectivity index (χ0v) is 22.8. The second kappa shape index (κ2) is 12.9. The topological polar surface area (TPSA) is 139 Å². The van der Waals surface area contributed by atoms with Gasteiger partial charge >= 0.3 is 18.0 Å². The first-order valence-corrected chi connectivity index (χ1v) is 13.2. The van der Waals surface area contributed by atoms with Crippen molar-refractivity contribution in [3.05, 3.63) is 130 Å². The lowest BCUT2D eigenvalue weighted by Crippen LogP contribution is -2.28. The number of carboxylic acid groups (broad SMARTS) is 2. The van der Waals surface area contributed by atoms with Crippen molar-refractivity contribution in [2.45, 2.75) is 31.8 Å². The lowest BCUT2D eigenvalue weighted by atomic mass is 9.98. The third-order valence-corrected chi connectivity index (χ3v) is 7.02. The number of alkyl carbamates (subject to hydrolysis) is 1. The SMILES string of the molecule is CC(NC(=O)OCC1c2ccccc2-c2ccccc21)c1ccc(C(=O)O)cc1.C[C@@H](N)c1ccc(C(=O)O)cc1. The fraction of sp³-hybridized carbons (Fsp3) is 0.182. The molecule has 210 valence electrons. The van der Waals surface area contributed by atoms with Gasteiger partial charge in [-0.25, -0.2) is 14.4 Å². The molecule has 0 heterocycles. The Bertz CT molecular complexity index is 1480. The maximum atomic E-state index is 12.4. The van der Waals surface area contributed by atoms with Crippen LogP contribution in [0.3, 0.4) is 0 Å². The van der Waals surface area contributed by atoms with Gasteiger partial charge in [0, 0.05) is 12.0 Å². The van der Waals surface area contributed by atoms with Gasteiger partial charge in [-0.15, -0.1) is 0 Å². The summed E-state index contributed by atoms with van der Waals surface area (Å²) in [6.45, 7) is 3.94. The van der Waals surface area contributed by atoms with Crippen molar-refractivity contribution in [2.24, 2.45) is 5.73 Å². The fourth-order valence-corrected chi connectivity index (χ4v) is 4.74. The molecule has 0 spiro atoms. The molecule has 8 nitrogen and oxygen atoms in total. The zero-order chi connectivity index (χ0) is 29.5. The van der Waals surface area contributed by atoms with Gasteiger partial charge in [-0.3, -0.25) is 0 Å². The molecule has 2 atom stereocenters. The van der Waals surface area contributed by atoms with Crippen LogP contribution in [0.5, 0.6) is 0 Å². The van der Waals surface area contributed by atoms with E-state index in [1.807, 2.05) is 38.1 Å². The monoisotopic (exact) mass is 552 g/mol. The first-order valence-electron chi connectivity index (χ1n) is 13.2. The summed E-state index contributed by atoms with van der Waals surface area (Å²) < 4.78 is 5.55. The molecule has 5 N–H and O–H groups in total. The number of hydrogen-bond acceptors (Lipinski definition) is 5. The Hall–Kier alpha value is -4.95. The summed E-state index contributed by atoms with van der Waals surface area (Å²) in [5.41, 5.74) is 12.5. The number of ether oxygens (including phenoxy) is 1. The minimum atomic E-state index is -0.978. The Morgan fingerprint density at radius 1 is 0.732 bits per heavy atom. The van der Waals surface area contributed by atoms with Crippen LogP contribution in [0.15, 0.2) is 97.1 Å². The minimum absolute atomic E-state index is 0.0123. The summed E-state index contributed by atoms with van der Waals surface area (Å²) in [6, 6.07) is 29.0. The quantitative estimate of drug-likeness (QED) is 0.208. The number of benzene rings is 4. The van der Waals surface area contributed by atoms with Gasteiger partial charge in [0.25, 0.3) is 0 Å². The highest BCUT2D eigenvalue weighted by Gasteiger charge is 2.29. The Morgan fingerprint density at radius 2 is 1.17 bits per heavy atom. The summed E-state index contributed by atoms with van der Waals surface area (Å²) in [4.78, 5) is 33.8. The van der Waals surface area contributed by atoms with Gasteiger partial charge in [0.1, 0.15) is 6.61 Å². The first-order chi connectivity index (χ1) is 19.7. The third-order valence-electron chi connectivity index (χ3n) is 7.02. The summed E-state index contributed by atoms with van der Waals surface area (Å²) in [7, 11) is 0. The number of carbonyl (C=O) groups excluding carboxylic acids is 1. The molecule has 0 saturated carbocycles. The van der Waals surface area contributed by atoms with Gasteiger partial charge in [0.2, 0.25) is 0 Å². The normalized spacial score (nSPS) is 13.0. The predicted molar refractivity (Wildman–Crippen MR) is 156 cm³/mol. The molecule has 0 radical (unpaired) electrons. The van der Waals surface area contributed by atoms with Gasteiger partial charge in [0.15, 0.2) is 0 Å². The number of aromatic carboxylic acids is 2. The van der Waals surface area contributed by atoms with Crippen molar-refractivity contribution in [3.63, 3.8) is 0 Å². The number of carboxylic acids is 2. The number of hydrogen-bond donors (Lipinski definition) is 4. The maximum absolute atomic E-state index is 12.4. The highest BCUT2D eigenvalue weighted by molar-refractivity contribution is 5.88. The summed E-state index contributed by atoms with van der Waals surface area (Å²) >= 11 is 0. The molecule has 1 amide bonds. The zero-order valence-electron chi connectivity index (χ0n) is 22.8. The van der Waals surface area contributed by atoms with E-state index in [4.69, 9.17) is 20.7 Å². The summed E-state index contributed by atoms with van der Waals surface area (Å²) in [5, 5.41) is 20.4. The maximum Gasteiger partial charge on any atom is 0.407 e. The molecule has 5 rings (SSSR count). The van der Waals surface area contributed by atoms with Crippen LogP contribution >= 0.6 is 0 Å². The molecule has 1 unspecified atom stereocenters. The van der Waals surface area contributed by atoms with E-state index in [0.717, 1.165) is 11.1 Å². The van der Waals surface area contributed by atoms with Crippen molar-refractivity contribution in [1.29, 1.82) is 0 Å². The standard InChI is InChI=1S/C24H21NO4.C9H11NO2/c1-15(16-10-12-17(13-11-16)23(26)27)25-24(28)29-14-22-20-8-4-2-6-18(20)19-7-3-5-9-21(19)22;1-6(10)7-2-4-8(5-3-7)9(11)12/h2-13,15,22H,14H2,1H3,(H,25,28)(H,26,27);2-6H,10H2,1H3,(H,11,12)/t;6-/m.1/s1. The molecular weight excluding hydrogens is 520 g/mol. The molecule has 8 heteroatoms. The van der Waals surface area contributed by atoms with Crippen LogP contribution in [0.4, 0.5) is 4.79 Å². The Kier molecular flexibility index (Phi) is 9.16. The van der Waals surface area contributed by atoms with Crippen LogP contribution < -0.4 is 11.1 Å². The average Bonchev–Trinajstić information content (AvgIpc) is 3.30. The molecule has 1 aliphatic rings. The number of rotatable bonds is 7. The predicted octanol–water partition coefficient (Wildman–Crippen LogP) is 6.39. The number of nitrogens with one attached hydrogen (secondary N) is 1. The van der Waals surface area contributed by atoms with E-state index in [9.17, 15) is 14.4 Å². The van der Waals surface area contributed by atoms with Gasteiger partial charge in [-0.2, -0.15) is 0 Å². The van der Waals surface area contributed by atoms with E-state index in [0.29, 0.717) is 5.56 Å². The molecule has 0 aromatic heterocycles. The van der Waals surface area contributed by atoms with Crippen LogP contribution in [0, 0.1) is 0 Å². The van der Waals surface area contributed by atoms with E-state index in [2.05, 4.69) is 29.6 Å². The number of carbonyl (C=O) groups is 3. The smallest absolute Gasteiger partial charge is 0.407 e. The van der Waals surface area contributed by atoms with Crippen LogP contribution in [0.1, 0.15) is 74.8 Å². The third kappa shape index (κ3) is 6.98. The molecular formula is C33H32N2O6. The Morgan fingerprint density at radius 3 is 1.61 bits per heavy atom. The minimum Gasteiger partial charge on any atom is -0.478 e. The lowest BCUT2D eigenvalue weighted by Gasteiger charge is -2.17. The summed E-state index contributed by atoms with van der Waals surface area (Å²) in [6.07, 6.45) is -0.498. The molecule has 0 aliphatic heterocycles. The van der Waals surface area contributed by atoms with E-state index < -0.39 is 18.0 Å². The fourth-order valence-electron chi connectivity index (χ4n) is 4.74. The molecule has 0 fully saturated rings. The molecule has 4 aromatic carbocycles. The molecule has 0 bridgehead atoms. The van der Waals surface area contributed by atoms with Crippen molar-refractivity contribution in [3.8, 4) is 11.1 Å².